The van der Waals surface area contributed by atoms with Crippen molar-refractivity contribution >= 4 is 11.8 Å². The SMILES string of the molecule is COc1ccc(C)cc1SCC1CCCN1. The molecule has 0 spiro atoms. The fraction of sp³-hybridized carbons (Fsp3) is 0.538. The maximum absolute atomic E-state index is 5.37. The van der Waals surface area contributed by atoms with Crippen molar-refractivity contribution in [1.29, 1.82) is 0 Å². The number of methoxy groups -OCH3 is 1. The van der Waals surface area contributed by atoms with Gasteiger partial charge in [-0.2, -0.15) is 0 Å². The number of thioether (sulfide) groups is 1. The first-order valence-electron chi connectivity index (χ1n) is 5.80. The molecule has 0 aliphatic carbocycles. The molecule has 1 atom stereocenters. The van der Waals surface area contributed by atoms with Crippen LogP contribution in [0.25, 0.3) is 0 Å². The number of aryl methyl sites for hydroxylation is 1. The maximum atomic E-state index is 5.37. The number of hydrogen-bond donors (Lipinski definition) is 1. The highest BCUT2D eigenvalue weighted by Gasteiger charge is 2.15. The molecular formula is C13H19NOS. The van der Waals surface area contributed by atoms with Gasteiger partial charge in [-0.05, 0) is 44.0 Å². The molecular weight excluding hydrogens is 218 g/mol. The first kappa shape index (κ1) is 11.8. The molecule has 1 aromatic rings. The van der Waals surface area contributed by atoms with Gasteiger partial charge in [-0.25, -0.2) is 0 Å². The van der Waals surface area contributed by atoms with Crippen LogP contribution in [-0.2, 0) is 0 Å². The first-order chi connectivity index (χ1) is 7.79. The van der Waals surface area contributed by atoms with E-state index in [2.05, 4.69) is 30.4 Å². The average Bonchev–Trinajstić information content (AvgIpc) is 2.79. The predicted octanol–water partition coefficient (Wildman–Crippen LogP) is 2.85. The molecule has 0 aromatic heterocycles. The lowest BCUT2D eigenvalue weighted by molar-refractivity contribution is 0.404. The van der Waals surface area contributed by atoms with E-state index in [-0.39, 0.29) is 0 Å². The monoisotopic (exact) mass is 237 g/mol. The van der Waals surface area contributed by atoms with Crippen LogP contribution in [0.2, 0.25) is 0 Å². The fourth-order valence-electron chi connectivity index (χ4n) is 1.99. The van der Waals surface area contributed by atoms with Gasteiger partial charge in [-0.15, -0.1) is 11.8 Å². The van der Waals surface area contributed by atoms with Crippen molar-refractivity contribution in [2.24, 2.45) is 0 Å². The Balaban J connectivity index is 1.98. The second-order valence-corrected chi connectivity index (χ2v) is 5.32. The van der Waals surface area contributed by atoms with E-state index >= 15 is 0 Å². The van der Waals surface area contributed by atoms with Gasteiger partial charge in [0.05, 0.1) is 7.11 Å². The van der Waals surface area contributed by atoms with Crippen LogP contribution in [0.3, 0.4) is 0 Å². The van der Waals surface area contributed by atoms with E-state index in [4.69, 9.17) is 4.74 Å². The zero-order chi connectivity index (χ0) is 11.4. The Bertz CT molecular complexity index is 348. The van der Waals surface area contributed by atoms with Crippen LogP contribution in [0.4, 0.5) is 0 Å². The molecule has 1 fully saturated rings. The van der Waals surface area contributed by atoms with Crippen LogP contribution in [-0.4, -0.2) is 25.4 Å². The van der Waals surface area contributed by atoms with Gasteiger partial charge in [0.15, 0.2) is 0 Å². The number of rotatable bonds is 4. The summed E-state index contributed by atoms with van der Waals surface area (Å²) in [7, 11) is 1.74. The Labute approximate surface area is 102 Å². The third-order valence-electron chi connectivity index (χ3n) is 2.92. The van der Waals surface area contributed by atoms with Crippen molar-refractivity contribution in [3.8, 4) is 5.75 Å². The van der Waals surface area contributed by atoms with Gasteiger partial charge in [-0.1, -0.05) is 6.07 Å². The summed E-state index contributed by atoms with van der Waals surface area (Å²) >= 11 is 1.90. The number of ether oxygens (including phenoxy) is 1. The number of hydrogen-bond acceptors (Lipinski definition) is 3. The second-order valence-electron chi connectivity index (χ2n) is 4.26. The molecule has 1 heterocycles. The minimum absolute atomic E-state index is 0.676. The van der Waals surface area contributed by atoms with Crippen molar-refractivity contribution in [3.63, 3.8) is 0 Å². The molecule has 2 rings (SSSR count). The topological polar surface area (TPSA) is 21.3 Å². The summed E-state index contributed by atoms with van der Waals surface area (Å²) in [6.07, 6.45) is 2.62. The quantitative estimate of drug-likeness (QED) is 0.814. The van der Waals surface area contributed by atoms with E-state index in [1.807, 2.05) is 11.8 Å². The van der Waals surface area contributed by atoms with E-state index < -0.39 is 0 Å². The molecule has 3 heteroatoms. The lowest BCUT2D eigenvalue weighted by Gasteiger charge is -2.12. The Kier molecular flexibility index (Phi) is 4.13. The predicted molar refractivity (Wildman–Crippen MR) is 69.5 cm³/mol. The molecule has 1 aliphatic rings. The van der Waals surface area contributed by atoms with Gasteiger partial charge in [0.2, 0.25) is 0 Å². The summed E-state index contributed by atoms with van der Waals surface area (Å²) in [5, 5.41) is 3.52. The molecule has 16 heavy (non-hydrogen) atoms. The highest BCUT2D eigenvalue weighted by molar-refractivity contribution is 7.99. The van der Waals surface area contributed by atoms with Gasteiger partial charge < -0.3 is 10.1 Å². The van der Waals surface area contributed by atoms with E-state index in [0.29, 0.717) is 6.04 Å². The van der Waals surface area contributed by atoms with E-state index in [9.17, 15) is 0 Å². The van der Waals surface area contributed by atoms with Crippen LogP contribution in [0, 0.1) is 6.92 Å². The van der Waals surface area contributed by atoms with Gasteiger partial charge in [0.1, 0.15) is 5.75 Å². The Morgan fingerprint density at radius 3 is 3.06 bits per heavy atom. The van der Waals surface area contributed by atoms with Gasteiger partial charge in [0.25, 0.3) is 0 Å². The van der Waals surface area contributed by atoms with Crippen molar-refractivity contribution in [1.82, 2.24) is 5.32 Å². The Hall–Kier alpha value is -0.670. The van der Waals surface area contributed by atoms with Crippen molar-refractivity contribution < 1.29 is 4.74 Å². The van der Waals surface area contributed by atoms with E-state index in [1.54, 1.807) is 7.11 Å². The molecule has 0 radical (unpaired) electrons. The average molecular weight is 237 g/mol. The molecule has 0 amide bonds. The molecule has 0 saturated carbocycles. The zero-order valence-corrected chi connectivity index (χ0v) is 10.8. The van der Waals surface area contributed by atoms with Crippen molar-refractivity contribution in [2.45, 2.75) is 30.7 Å². The summed E-state index contributed by atoms with van der Waals surface area (Å²) in [5.74, 6) is 2.13. The molecule has 1 aromatic carbocycles. The summed E-state index contributed by atoms with van der Waals surface area (Å²) in [4.78, 5) is 1.26. The third kappa shape index (κ3) is 2.92. The smallest absolute Gasteiger partial charge is 0.132 e. The van der Waals surface area contributed by atoms with Gasteiger partial charge in [-0.3, -0.25) is 0 Å². The number of benzene rings is 1. The second kappa shape index (κ2) is 5.60. The molecule has 1 aliphatic heterocycles. The van der Waals surface area contributed by atoms with Gasteiger partial charge >= 0.3 is 0 Å². The molecule has 1 saturated heterocycles. The molecule has 88 valence electrons. The molecule has 0 bridgehead atoms. The zero-order valence-electron chi connectivity index (χ0n) is 9.95. The highest BCUT2D eigenvalue weighted by atomic mass is 32.2. The Morgan fingerprint density at radius 1 is 1.50 bits per heavy atom. The molecule has 1 unspecified atom stereocenters. The van der Waals surface area contributed by atoms with Crippen LogP contribution in [0.5, 0.6) is 5.75 Å². The summed E-state index contributed by atoms with van der Waals surface area (Å²) in [5.41, 5.74) is 1.29. The molecule has 1 N–H and O–H groups in total. The largest absolute Gasteiger partial charge is 0.496 e. The van der Waals surface area contributed by atoms with E-state index in [0.717, 1.165) is 11.5 Å². The minimum atomic E-state index is 0.676. The van der Waals surface area contributed by atoms with Gasteiger partial charge in [0, 0.05) is 16.7 Å². The normalized spacial score (nSPS) is 20.0. The highest BCUT2D eigenvalue weighted by Crippen LogP contribution is 2.31. The minimum Gasteiger partial charge on any atom is -0.496 e. The summed E-state index contributed by atoms with van der Waals surface area (Å²) in [6, 6.07) is 7.03. The first-order valence-corrected chi connectivity index (χ1v) is 6.79. The third-order valence-corrected chi connectivity index (χ3v) is 4.12. The van der Waals surface area contributed by atoms with Crippen LogP contribution >= 0.6 is 11.8 Å². The van der Waals surface area contributed by atoms with Crippen LogP contribution in [0.1, 0.15) is 18.4 Å². The van der Waals surface area contributed by atoms with E-state index in [1.165, 1.54) is 29.8 Å². The lowest BCUT2D eigenvalue weighted by atomic mass is 10.2. The Morgan fingerprint density at radius 2 is 2.38 bits per heavy atom. The van der Waals surface area contributed by atoms with Crippen molar-refractivity contribution in [3.05, 3.63) is 23.8 Å². The van der Waals surface area contributed by atoms with Crippen LogP contribution < -0.4 is 10.1 Å². The summed E-state index contributed by atoms with van der Waals surface area (Å²) in [6.45, 7) is 3.30. The number of nitrogens with one attached hydrogen (secondary N) is 1. The standard InChI is InChI=1S/C13H19NOS/c1-10-5-6-12(15-2)13(8-10)16-9-11-4-3-7-14-11/h5-6,8,11,14H,3-4,7,9H2,1-2H3. The summed E-state index contributed by atoms with van der Waals surface area (Å²) < 4.78 is 5.37. The van der Waals surface area contributed by atoms with Crippen molar-refractivity contribution in [2.75, 3.05) is 19.4 Å². The lowest BCUT2D eigenvalue weighted by Crippen LogP contribution is -2.23. The maximum Gasteiger partial charge on any atom is 0.132 e. The van der Waals surface area contributed by atoms with Crippen LogP contribution in [0.15, 0.2) is 23.1 Å². The fourth-order valence-corrected chi connectivity index (χ4v) is 3.21. The molecule has 2 nitrogen and oxygen atoms in total.